The van der Waals surface area contributed by atoms with Crippen molar-refractivity contribution in [2.45, 2.75) is 33.0 Å². The second-order valence-electron chi connectivity index (χ2n) is 5.72. The van der Waals surface area contributed by atoms with E-state index in [1.165, 1.54) is 6.92 Å². The lowest BCUT2D eigenvalue weighted by molar-refractivity contribution is -0.114. The van der Waals surface area contributed by atoms with Crippen molar-refractivity contribution in [2.75, 3.05) is 12.4 Å². The van der Waals surface area contributed by atoms with Crippen LogP contribution < -0.4 is 15.4 Å². The minimum atomic E-state index is -0.132. The fraction of sp³-hybridized carbons (Fsp3) is 0.316. The fourth-order valence-electron chi connectivity index (χ4n) is 2.50. The molecule has 2 rings (SSSR count). The Morgan fingerprint density at radius 2 is 2.00 bits per heavy atom. The maximum atomic E-state index is 11.3. The number of carbonyl (C=O) groups excluding carboxylic acids is 1. The Hall–Kier alpha value is -2.37. The zero-order valence-electron chi connectivity index (χ0n) is 14.3. The van der Waals surface area contributed by atoms with Crippen molar-refractivity contribution < 1.29 is 14.6 Å². The molecule has 5 nitrogen and oxygen atoms in total. The summed E-state index contributed by atoms with van der Waals surface area (Å²) in [6, 6.07) is 13.7. The van der Waals surface area contributed by atoms with Crippen LogP contribution in [0.5, 0.6) is 5.75 Å². The van der Waals surface area contributed by atoms with E-state index in [0.717, 1.165) is 16.7 Å². The third kappa shape index (κ3) is 4.81. The van der Waals surface area contributed by atoms with E-state index in [9.17, 15) is 9.90 Å². The van der Waals surface area contributed by atoms with Gasteiger partial charge >= 0.3 is 0 Å². The predicted octanol–water partition coefficient (Wildman–Crippen LogP) is 3.00. The van der Waals surface area contributed by atoms with Crippen LogP contribution in [0, 0.1) is 0 Å². The maximum Gasteiger partial charge on any atom is 0.221 e. The summed E-state index contributed by atoms with van der Waals surface area (Å²) in [4.78, 5) is 11.3. The van der Waals surface area contributed by atoms with E-state index in [-0.39, 0.29) is 18.6 Å². The molecular weight excluding hydrogens is 304 g/mol. The van der Waals surface area contributed by atoms with Crippen LogP contribution in [-0.2, 0) is 17.9 Å². The van der Waals surface area contributed by atoms with Crippen LogP contribution in [0.4, 0.5) is 5.69 Å². The second kappa shape index (κ2) is 8.47. The Balaban J connectivity index is 2.06. The molecule has 5 heteroatoms. The molecular formula is C19H24N2O3. The first kappa shape index (κ1) is 18.0. The molecule has 0 saturated carbocycles. The van der Waals surface area contributed by atoms with E-state index >= 15 is 0 Å². The maximum absolute atomic E-state index is 11.3. The zero-order valence-corrected chi connectivity index (χ0v) is 14.3. The number of rotatable bonds is 7. The molecule has 0 bridgehead atoms. The first-order chi connectivity index (χ1) is 11.5. The smallest absolute Gasteiger partial charge is 0.221 e. The number of amides is 1. The summed E-state index contributed by atoms with van der Waals surface area (Å²) < 4.78 is 5.26. The summed E-state index contributed by atoms with van der Waals surface area (Å²) in [5, 5.41) is 15.5. The summed E-state index contributed by atoms with van der Waals surface area (Å²) >= 11 is 0. The van der Waals surface area contributed by atoms with Gasteiger partial charge in [0.1, 0.15) is 5.75 Å². The van der Waals surface area contributed by atoms with Gasteiger partial charge in [-0.05, 0) is 35.7 Å². The van der Waals surface area contributed by atoms with Crippen LogP contribution >= 0.6 is 0 Å². The molecule has 128 valence electrons. The van der Waals surface area contributed by atoms with Crippen LogP contribution in [0.25, 0.3) is 0 Å². The highest BCUT2D eigenvalue weighted by Gasteiger charge is 2.09. The number of benzene rings is 2. The molecule has 3 N–H and O–H groups in total. The molecule has 1 atom stereocenters. The van der Waals surface area contributed by atoms with E-state index in [0.29, 0.717) is 18.0 Å². The number of aliphatic hydroxyl groups is 1. The molecule has 0 fully saturated rings. The van der Waals surface area contributed by atoms with Crippen molar-refractivity contribution in [1.82, 2.24) is 5.32 Å². The topological polar surface area (TPSA) is 70.6 Å². The molecule has 24 heavy (non-hydrogen) atoms. The zero-order chi connectivity index (χ0) is 17.5. The molecule has 0 aliphatic carbocycles. The minimum absolute atomic E-state index is 0.0408. The van der Waals surface area contributed by atoms with Crippen molar-refractivity contribution in [3.05, 3.63) is 59.2 Å². The van der Waals surface area contributed by atoms with Gasteiger partial charge in [-0.3, -0.25) is 4.79 Å². The van der Waals surface area contributed by atoms with Crippen LogP contribution in [0.15, 0.2) is 42.5 Å². The average molecular weight is 328 g/mol. The Morgan fingerprint density at radius 1 is 1.21 bits per heavy atom. The number of nitrogens with one attached hydrogen (secondary N) is 2. The first-order valence-corrected chi connectivity index (χ1v) is 7.91. The number of aliphatic hydroxyl groups excluding tert-OH is 1. The standard InChI is InChI=1S/C19H24N2O3/c1-13(17-6-4-5-16(9-17)12-22)20-11-15-7-8-19(24-3)18(10-15)21-14(2)23/h4-10,13,20,22H,11-12H2,1-3H3,(H,21,23). The molecule has 0 saturated heterocycles. The fourth-order valence-corrected chi connectivity index (χ4v) is 2.50. The number of hydrogen-bond acceptors (Lipinski definition) is 4. The van der Waals surface area contributed by atoms with Crippen LogP contribution in [0.3, 0.4) is 0 Å². The normalized spacial score (nSPS) is 11.8. The quantitative estimate of drug-likeness (QED) is 0.731. The van der Waals surface area contributed by atoms with Crippen LogP contribution in [0.2, 0.25) is 0 Å². The highest BCUT2D eigenvalue weighted by molar-refractivity contribution is 5.90. The molecule has 0 aliphatic heterocycles. The monoisotopic (exact) mass is 328 g/mol. The van der Waals surface area contributed by atoms with Gasteiger partial charge in [-0.15, -0.1) is 0 Å². The third-order valence-corrected chi connectivity index (χ3v) is 3.82. The van der Waals surface area contributed by atoms with Crippen molar-refractivity contribution in [3.8, 4) is 5.75 Å². The Bertz CT molecular complexity index is 701. The lowest BCUT2D eigenvalue weighted by Crippen LogP contribution is -2.18. The van der Waals surface area contributed by atoms with E-state index in [2.05, 4.69) is 17.6 Å². The minimum Gasteiger partial charge on any atom is -0.495 e. The molecule has 1 unspecified atom stereocenters. The van der Waals surface area contributed by atoms with Gasteiger partial charge in [0.15, 0.2) is 0 Å². The number of methoxy groups -OCH3 is 1. The Labute approximate surface area is 142 Å². The third-order valence-electron chi connectivity index (χ3n) is 3.82. The summed E-state index contributed by atoms with van der Waals surface area (Å²) in [5.74, 6) is 0.505. The van der Waals surface area contributed by atoms with Gasteiger partial charge in [0.25, 0.3) is 0 Å². The predicted molar refractivity (Wildman–Crippen MR) is 94.9 cm³/mol. The number of anilines is 1. The van der Waals surface area contributed by atoms with Gasteiger partial charge in [-0.25, -0.2) is 0 Å². The van der Waals surface area contributed by atoms with Gasteiger partial charge < -0.3 is 20.5 Å². The van der Waals surface area contributed by atoms with Gasteiger partial charge in [0.05, 0.1) is 19.4 Å². The molecule has 0 aromatic heterocycles. The van der Waals surface area contributed by atoms with E-state index in [1.54, 1.807) is 7.11 Å². The largest absolute Gasteiger partial charge is 0.495 e. The molecule has 0 spiro atoms. The van der Waals surface area contributed by atoms with Crippen LogP contribution in [0.1, 0.15) is 36.6 Å². The van der Waals surface area contributed by atoms with E-state index in [1.807, 2.05) is 42.5 Å². The molecule has 2 aromatic carbocycles. The molecule has 2 aromatic rings. The van der Waals surface area contributed by atoms with E-state index in [4.69, 9.17) is 4.74 Å². The van der Waals surface area contributed by atoms with Gasteiger partial charge in [0.2, 0.25) is 5.91 Å². The summed E-state index contributed by atoms with van der Waals surface area (Å²) in [7, 11) is 1.58. The summed E-state index contributed by atoms with van der Waals surface area (Å²) in [6.45, 7) is 4.25. The SMILES string of the molecule is COc1ccc(CNC(C)c2cccc(CO)c2)cc1NC(C)=O. The second-order valence-corrected chi connectivity index (χ2v) is 5.72. The lowest BCUT2D eigenvalue weighted by atomic mass is 10.0. The lowest BCUT2D eigenvalue weighted by Gasteiger charge is -2.16. The van der Waals surface area contributed by atoms with Crippen LogP contribution in [-0.4, -0.2) is 18.1 Å². The average Bonchev–Trinajstić information content (AvgIpc) is 2.59. The summed E-state index contributed by atoms with van der Waals surface area (Å²) in [5.41, 5.74) is 3.74. The number of carbonyl (C=O) groups is 1. The Morgan fingerprint density at radius 3 is 2.67 bits per heavy atom. The molecule has 0 radical (unpaired) electrons. The first-order valence-electron chi connectivity index (χ1n) is 7.91. The van der Waals surface area contributed by atoms with E-state index < -0.39 is 0 Å². The highest BCUT2D eigenvalue weighted by Crippen LogP contribution is 2.26. The number of ether oxygens (including phenoxy) is 1. The molecule has 0 heterocycles. The van der Waals surface area contributed by atoms with Crippen molar-refractivity contribution in [3.63, 3.8) is 0 Å². The molecule has 1 amide bonds. The Kier molecular flexibility index (Phi) is 6.35. The number of hydrogen-bond donors (Lipinski definition) is 3. The molecule has 0 aliphatic rings. The van der Waals surface area contributed by atoms with Crippen molar-refractivity contribution >= 4 is 11.6 Å². The van der Waals surface area contributed by atoms with Crippen molar-refractivity contribution in [1.29, 1.82) is 0 Å². The van der Waals surface area contributed by atoms with Gasteiger partial charge in [0, 0.05) is 19.5 Å². The summed E-state index contributed by atoms with van der Waals surface area (Å²) in [6.07, 6.45) is 0. The highest BCUT2D eigenvalue weighted by atomic mass is 16.5. The van der Waals surface area contributed by atoms with Crippen molar-refractivity contribution in [2.24, 2.45) is 0 Å². The van der Waals surface area contributed by atoms with Gasteiger partial charge in [-0.1, -0.05) is 30.3 Å². The van der Waals surface area contributed by atoms with Gasteiger partial charge in [-0.2, -0.15) is 0 Å².